The molecule has 1 aliphatic carbocycles. The highest BCUT2D eigenvalue weighted by atomic mass is 35.5. The van der Waals surface area contributed by atoms with E-state index in [0.717, 1.165) is 49.1 Å². The molecule has 186 valence electrons. The predicted molar refractivity (Wildman–Crippen MR) is 140 cm³/mol. The van der Waals surface area contributed by atoms with Crippen molar-refractivity contribution in [2.75, 3.05) is 37.7 Å². The quantitative estimate of drug-likeness (QED) is 0.346. The molecule has 1 aromatic carbocycles. The van der Waals surface area contributed by atoms with Gasteiger partial charge in [-0.3, -0.25) is 4.90 Å². The standard InChI is InChI=1S/C27H31Cl2N3O3/c1-19(2)35-27(33)25-4-3-9-30-26(25)32-12-10-31(11-13-32)17-20-5-7-24(8-6-20)34-18-21-14-22(28)16-23(29)15-21/h3-9,14-15,19,22H,10-13,16-18H2,1-2H3. The van der Waals surface area contributed by atoms with E-state index in [2.05, 4.69) is 26.9 Å². The smallest absolute Gasteiger partial charge is 0.342 e. The normalized spacial score (nSPS) is 18.8. The Labute approximate surface area is 217 Å². The second-order valence-corrected chi connectivity index (χ2v) is 10.1. The number of carbonyl (C=O) groups excluding carboxylic acids is 1. The molecule has 8 heteroatoms. The number of benzene rings is 1. The maximum absolute atomic E-state index is 12.5. The summed E-state index contributed by atoms with van der Waals surface area (Å²) >= 11 is 12.3. The van der Waals surface area contributed by atoms with Crippen molar-refractivity contribution in [2.45, 2.75) is 38.3 Å². The van der Waals surface area contributed by atoms with Crippen molar-refractivity contribution >= 4 is 35.0 Å². The fraction of sp³-hybridized carbons (Fsp3) is 0.407. The fourth-order valence-corrected chi connectivity index (χ4v) is 4.91. The van der Waals surface area contributed by atoms with Crippen molar-refractivity contribution in [3.63, 3.8) is 0 Å². The van der Waals surface area contributed by atoms with Crippen molar-refractivity contribution in [1.29, 1.82) is 0 Å². The summed E-state index contributed by atoms with van der Waals surface area (Å²) < 4.78 is 11.3. The minimum atomic E-state index is -0.325. The average molecular weight is 516 g/mol. The summed E-state index contributed by atoms with van der Waals surface area (Å²) in [6, 6.07) is 11.8. The summed E-state index contributed by atoms with van der Waals surface area (Å²) in [5.74, 6) is 1.19. The first-order valence-corrected chi connectivity index (χ1v) is 12.7. The summed E-state index contributed by atoms with van der Waals surface area (Å²) in [7, 11) is 0. The zero-order chi connectivity index (χ0) is 24.8. The van der Waals surface area contributed by atoms with Crippen LogP contribution in [-0.4, -0.2) is 60.1 Å². The number of carbonyl (C=O) groups is 1. The van der Waals surface area contributed by atoms with Gasteiger partial charge < -0.3 is 14.4 Å². The van der Waals surface area contributed by atoms with Crippen LogP contribution in [0.2, 0.25) is 0 Å². The van der Waals surface area contributed by atoms with Gasteiger partial charge in [0.25, 0.3) is 0 Å². The first kappa shape index (κ1) is 25.5. The van der Waals surface area contributed by atoms with Crippen molar-refractivity contribution in [3.8, 4) is 5.75 Å². The highest BCUT2D eigenvalue weighted by Gasteiger charge is 2.23. The Morgan fingerprint density at radius 2 is 1.89 bits per heavy atom. The van der Waals surface area contributed by atoms with Crippen LogP contribution in [0.4, 0.5) is 5.82 Å². The van der Waals surface area contributed by atoms with Gasteiger partial charge in [-0.05, 0) is 55.3 Å². The Bertz CT molecular complexity index is 1080. The zero-order valence-corrected chi connectivity index (χ0v) is 21.6. The molecule has 0 saturated carbocycles. The summed E-state index contributed by atoms with van der Waals surface area (Å²) in [5, 5.41) is 0.684. The largest absolute Gasteiger partial charge is 0.489 e. The van der Waals surface area contributed by atoms with Crippen LogP contribution in [0.5, 0.6) is 5.75 Å². The molecule has 1 atom stereocenters. The van der Waals surface area contributed by atoms with Gasteiger partial charge in [0.1, 0.15) is 23.7 Å². The molecule has 1 aliphatic heterocycles. The lowest BCUT2D eigenvalue weighted by Gasteiger charge is -2.36. The van der Waals surface area contributed by atoms with E-state index in [1.807, 2.05) is 38.1 Å². The number of aromatic nitrogens is 1. The van der Waals surface area contributed by atoms with E-state index >= 15 is 0 Å². The number of pyridine rings is 1. The maximum Gasteiger partial charge on any atom is 0.342 e. The first-order chi connectivity index (χ1) is 16.9. The lowest BCUT2D eigenvalue weighted by Crippen LogP contribution is -2.46. The molecular formula is C27H31Cl2N3O3. The van der Waals surface area contributed by atoms with Gasteiger partial charge in [0.15, 0.2) is 0 Å². The Morgan fingerprint density at radius 1 is 1.14 bits per heavy atom. The highest BCUT2D eigenvalue weighted by Crippen LogP contribution is 2.25. The molecule has 0 N–H and O–H groups in total. The molecule has 0 bridgehead atoms. The summed E-state index contributed by atoms with van der Waals surface area (Å²) in [5.41, 5.74) is 2.75. The molecule has 4 rings (SSSR count). The van der Waals surface area contributed by atoms with E-state index in [1.165, 1.54) is 5.56 Å². The number of allylic oxidation sites excluding steroid dienone is 2. The Morgan fingerprint density at radius 3 is 2.57 bits per heavy atom. The lowest BCUT2D eigenvalue weighted by atomic mass is 10.1. The van der Waals surface area contributed by atoms with Crippen LogP contribution in [-0.2, 0) is 11.3 Å². The molecule has 1 fully saturated rings. The summed E-state index contributed by atoms with van der Waals surface area (Å²) in [4.78, 5) is 21.5. The average Bonchev–Trinajstić information content (AvgIpc) is 2.83. The highest BCUT2D eigenvalue weighted by molar-refractivity contribution is 6.31. The molecule has 2 aromatic rings. The van der Waals surface area contributed by atoms with Gasteiger partial charge in [-0.2, -0.15) is 0 Å². The third kappa shape index (κ3) is 7.23. The van der Waals surface area contributed by atoms with E-state index in [1.54, 1.807) is 18.3 Å². The number of hydrogen-bond donors (Lipinski definition) is 0. The SMILES string of the molecule is CC(C)OC(=O)c1cccnc1N1CCN(Cc2ccc(OCC3=CC(Cl)CC(Cl)=C3)cc2)CC1. The third-order valence-electron chi connectivity index (χ3n) is 5.88. The maximum atomic E-state index is 12.5. The van der Waals surface area contributed by atoms with E-state index < -0.39 is 0 Å². The van der Waals surface area contributed by atoms with Gasteiger partial charge in [-0.1, -0.05) is 29.8 Å². The fourth-order valence-electron chi connectivity index (χ4n) is 4.20. The van der Waals surface area contributed by atoms with Crippen LogP contribution in [0.15, 0.2) is 65.4 Å². The van der Waals surface area contributed by atoms with Crippen LogP contribution >= 0.6 is 23.2 Å². The molecule has 0 spiro atoms. The summed E-state index contributed by atoms with van der Waals surface area (Å²) in [6.07, 6.45) is 6.14. The second kappa shape index (κ2) is 11.9. The molecular weight excluding hydrogens is 485 g/mol. The Hall–Kier alpha value is -2.54. The van der Waals surface area contributed by atoms with Gasteiger partial charge >= 0.3 is 5.97 Å². The topological polar surface area (TPSA) is 54.9 Å². The minimum Gasteiger partial charge on any atom is -0.489 e. The van der Waals surface area contributed by atoms with E-state index in [-0.39, 0.29) is 17.5 Å². The predicted octanol–water partition coefficient (Wildman–Crippen LogP) is 5.41. The van der Waals surface area contributed by atoms with Crippen molar-refractivity contribution < 1.29 is 14.3 Å². The first-order valence-electron chi connectivity index (χ1n) is 11.9. The number of esters is 1. The minimum absolute atomic E-state index is 0.0768. The molecule has 2 heterocycles. The molecule has 35 heavy (non-hydrogen) atoms. The molecule has 1 unspecified atom stereocenters. The number of nitrogens with zero attached hydrogens (tertiary/aromatic N) is 3. The second-order valence-electron chi connectivity index (χ2n) is 9.08. The van der Waals surface area contributed by atoms with Crippen LogP contribution in [0.3, 0.4) is 0 Å². The number of rotatable bonds is 8. The molecule has 2 aliphatic rings. The van der Waals surface area contributed by atoms with E-state index in [4.69, 9.17) is 32.7 Å². The third-order valence-corrected chi connectivity index (χ3v) is 6.43. The van der Waals surface area contributed by atoms with Gasteiger partial charge in [0, 0.05) is 50.4 Å². The number of hydrogen-bond acceptors (Lipinski definition) is 6. The van der Waals surface area contributed by atoms with Gasteiger partial charge in [0.2, 0.25) is 0 Å². The van der Waals surface area contributed by atoms with Gasteiger partial charge in [-0.15, -0.1) is 11.6 Å². The van der Waals surface area contributed by atoms with Crippen molar-refractivity contribution in [1.82, 2.24) is 9.88 Å². The number of ether oxygens (including phenoxy) is 2. The van der Waals surface area contributed by atoms with Crippen LogP contribution < -0.4 is 9.64 Å². The van der Waals surface area contributed by atoms with E-state index in [9.17, 15) is 4.79 Å². The van der Waals surface area contributed by atoms with Crippen LogP contribution in [0.25, 0.3) is 0 Å². The zero-order valence-electron chi connectivity index (χ0n) is 20.1. The molecule has 0 amide bonds. The Kier molecular flexibility index (Phi) is 8.71. The molecule has 1 saturated heterocycles. The summed E-state index contributed by atoms with van der Waals surface area (Å²) in [6.45, 7) is 8.37. The van der Waals surface area contributed by atoms with Gasteiger partial charge in [0.05, 0.1) is 11.5 Å². The van der Waals surface area contributed by atoms with Crippen molar-refractivity contribution in [3.05, 3.63) is 76.5 Å². The van der Waals surface area contributed by atoms with Gasteiger partial charge in [-0.25, -0.2) is 9.78 Å². The van der Waals surface area contributed by atoms with Crippen molar-refractivity contribution in [2.24, 2.45) is 0 Å². The van der Waals surface area contributed by atoms with E-state index in [0.29, 0.717) is 24.4 Å². The van der Waals surface area contributed by atoms with Crippen LogP contribution in [0.1, 0.15) is 36.2 Å². The number of anilines is 1. The molecule has 1 aromatic heterocycles. The number of piperazine rings is 1. The molecule has 0 radical (unpaired) electrons. The number of alkyl halides is 1. The Balaban J connectivity index is 1.28. The number of halogens is 2. The van der Waals surface area contributed by atoms with Crippen LogP contribution in [0, 0.1) is 0 Å². The monoisotopic (exact) mass is 515 g/mol. The lowest BCUT2D eigenvalue weighted by molar-refractivity contribution is 0.0378. The molecule has 6 nitrogen and oxygen atoms in total.